The highest BCUT2D eigenvalue weighted by atomic mass is 16.5. The highest BCUT2D eigenvalue weighted by molar-refractivity contribution is 5.45. The first-order valence-electron chi connectivity index (χ1n) is 7.16. The fourth-order valence-corrected chi connectivity index (χ4v) is 2.09. The summed E-state index contributed by atoms with van der Waals surface area (Å²) in [6, 6.07) is 5.89. The van der Waals surface area contributed by atoms with Crippen LogP contribution in [0.25, 0.3) is 0 Å². The van der Waals surface area contributed by atoms with Crippen molar-refractivity contribution in [3.8, 4) is 17.6 Å². The zero-order valence-electron chi connectivity index (χ0n) is 12.8. The number of unbranched alkanes of at least 4 members (excludes halogenated alkanes) is 2. The van der Waals surface area contributed by atoms with E-state index in [4.69, 9.17) is 9.84 Å². The van der Waals surface area contributed by atoms with Gasteiger partial charge in [0.05, 0.1) is 7.11 Å². The van der Waals surface area contributed by atoms with Crippen molar-refractivity contribution in [3.05, 3.63) is 29.3 Å². The predicted octanol–water partition coefficient (Wildman–Crippen LogP) is 2.66. The molecule has 3 nitrogen and oxygen atoms in total. The molecule has 0 fully saturated rings. The van der Waals surface area contributed by atoms with Crippen molar-refractivity contribution in [2.24, 2.45) is 0 Å². The summed E-state index contributed by atoms with van der Waals surface area (Å²) >= 11 is 0. The van der Waals surface area contributed by atoms with E-state index in [0.717, 1.165) is 30.0 Å². The summed E-state index contributed by atoms with van der Waals surface area (Å²) in [4.78, 5) is 2.30. The van der Waals surface area contributed by atoms with E-state index in [1.807, 2.05) is 18.2 Å². The largest absolute Gasteiger partial charge is 0.497 e. The van der Waals surface area contributed by atoms with Crippen LogP contribution >= 0.6 is 0 Å². The van der Waals surface area contributed by atoms with Crippen LogP contribution in [0.3, 0.4) is 0 Å². The number of benzene rings is 1. The van der Waals surface area contributed by atoms with Crippen LogP contribution in [0.5, 0.6) is 5.75 Å². The molecule has 0 saturated heterocycles. The number of nitrogens with zero attached hydrogens (tertiary/aromatic N) is 1. The van der Waals surface area contributed by atoms with Crippen molar-refractivity contribution in [2.45, 2.75) is 32.7 Å². The van der Waals surface area contributed by atoms with Crippen LogP contribution in [0.2, 0.25) is 0 Å². The zero-order valence-corrected chi connectivity index (χ0v) is 12.8. The molecule has 0 bridgehead atoms. The lowest BCUT2D eigenvalue weighted by molar-refractivity contribution is 0.317. The van der Waals surface area contributed by atoms with Gasteiger partial charge in [0.1, 0.15) is 12.4 Å². The van der Waals surface area contributed by atoms with Gasteiger partial charge in [-0.2, -0.15) is 0 Å². The van der Waals surface area contributed by atoms with Gasteiger partial charge in [0.2, 0.25) is 0 Å². The smallest absolute Gasteiger partial charge is 0.119 e. The van der Waals surface area contributed by atoms with Gasteiger partial charge in [-0.25, -0.2) is 0 Å². The highest BCUT2D eigenvalue weighted by Gasteiger charge is 2.06. The highest BCUT2D eigenvalue weighted by Crippen LogP contribution is 2.18. The number of hydrogen-bond acceptors (Lipinski definition) is 3. The summed E-state index contributed by atoms with van der Waals surface area (Å²) in [5, 5.41) is 8.84. The van der Waals surface area contributed by atoms with E-state index in [1.165, 1.54) is 19.3 Å². The molecule has 0 atom stereocenters. The number of ether oxygens (including phenoxy) is 1. The number of aliphatic hydroxyl groups is 1. The molecular weight excluding hydrogens is 250 g/mol. The van der Waals surface area contributed by atoms with Crippen LogP contribution in [0, 0.1) is 11.8 Å². The van der Waals surface area contributed by atoms with Crippen LogP contribution in [0.15, 0.2) is 18.2 Å². The Morgan fingerprint density at radius 3 is 2.75 bits per heavy atom. The summed E-state index contributed by atoms with van der Waals surface area (Å²) in [6.45, 7) is 4.02. The maximum absolute atomic E-state index is 8.84. The minimum Gasteiger partial charge on any atom is -0.497 e. The molecule has 0 unspecified atom stereocenters. The molecule has 0 aliphatic carbocycles. The van der Waals surface area contributed by atoms with E-state index >= 15 is 0 Å². The number of aliphatic hydroxyl groups excluding tert-OH is 1. The van der Waals surface area contributed by atoms with Crippen molar-refractivity contribution < 1.29 is 9.84 Å². The van der Waals surface area contributed by atoms with Crippen LogP contribution in [-0.2, 0) is 6.54 Å². The second-order valence-electron chi connectivity index (χ2n) is 4.93. The van der Waals surface area contributed by atoms with Crippen LogP contribution < -0.4 is 4.74 Å². The Labute approximate surface area is 122 Å². The van der Waals surface area contributed by atoms with Gasteiger partial charge < -0.3 is 14.7 Å². The third-order valence-corrected chi connectivity index (χ3v) is 3.20. The Morgan fingerprint density at radius 2 is 2.10 bits per heavy atom. The van der Waals surface area contributed by atoms with Crippen molar-refractivity contribution in [2.75, 3.05) is 27.3 Å². The number of methoxy groups -OCH3 is 1. The van der Waals surface area contributed by atoms with Crippen molar-refractivity contribution in [1.82, 2.24) is 4.90 Å². The Hall–Kier alpha value is -1.50. The molecule has 0 radical (unpaired) electrons. The molecule has 1 N–H and O–H groups in total. The Balaban J connectivity index is 2.78. The first-order chi connectivity index (χ1) is 9.71. The lowest BCUT2D eigenvalue weighted by Crippen LogP contribution is -2.19. The van der Waals surface area contributed by atoms with Gasteiger partial charge in [0.25, 0.3) is 0 Å². The molecule has 1 aromatic carbocycles. The van der Waals surface area contributed by atoms with Gasteiger partial charge in [-0.05, 0) is 43.8 Å². The summed E-state index contributed by atoms with van der Waals surface area (Å²) in [6.07, 6.45) is 3.72. The molecular formula is C17H25NO2. The average molecular weight is 275 g/mol. The molecule has 20 heavy (non-hydrogen) atoms. The molecule has 0 spiro atoms. The number of hydrogen-bond donors (Lipinski definition) is 1. The fourth-order valence-electron chi connectivity index (χ4n) is 2.09. The summed E-state index contributed by atoms with van der Waals surface area (Å²) in [7, 11) is 3.79. The Kier molecular flexibility index (Phi) is 7.79. The lowest BCUT2D eigenvalue weighted by atomic mass is 10.1. The summed E-state index contributed by atoms with van der Waals surface area (Å²) in [5.74, 6) is 6.56. The van der Waals surface area contributed by atoms with Gasteiger partial charge >= 0.3 is 0 Å². The number of rotatable bonds is 7. The second kappa shape index (κ2) is 9.41. The predicted molar refractivity (Wildman–Crippen MR) is 82.8 cm³/mol. The fraction of sp³-hybridized carbons (Fsp3) is 0.529. The minimum atomic E-state index is -0.113. The SMILES string of the molecule is CCCCCN(C)Cc1cc(OC)ccc1C#CCO. The van der Waals surface area contributed by atoms with E-state index in [1.54, 1.807) is 7.11 Å². The topological polar surface area (TPSA) is 32.7 Å². The average Bonchev–Trinajstić information content (AvgIpc) is 2.46. The summed E-state index contributed by atoms with van der Waals surface area (Å²) < 4.78 is 5.28. The van der Waals surface area contributed by atoms with Gasteiger partial charge in [-0.15, -0.1) is 0 Å². The minimum absolute atomic E-state index is 0.113. The van der Waals surface area contributed by atoms with Gasteiger partial charge in [0.15, 0.2) is 0 Å². The third kappa shape index (κ3) is 5.64. The van der Waals surface area contributed by atoms with E-state index < -0.39 is 0 Å². The molecule has 0 heterocycles. The Bertz CT molecular complexity index is 460. The maximum Gasteiger partial charge on any atom is 0.119 e. The molecule has 0 aliphatic heterocycles. The normalized spacial score (nSPS) is 10.2. The third-order valence-electron chi connectivity index (χ3n) is 3.20. The molecule has 0 saturated carbocycles. The molecule has 110 valence electrons. The van der Waals surface area contributed by atoms with Crippen LogP contribution in [0.1, 0.15) is 37.3 Å². The first-order valence-corrected chi connectivity index (χ1v) is 7.16. The molecule has 1 aromatic rings. The van der Waals surface area contributed by atoms with Crippen molar-refractivity contribution >= 4 is 0 Å². The lowest BCUT2D eigenvalue weighted by Gasteiger charge is -2.18. The van der Waals surface area contributed by atoms with E-state index in [0.29, 0.717) is 0 Å². The molecule has 0 aliphatic rings. The van der Waals surface area contributed by atoms with Crippen LogP contribution in [-0.4, -0.2) is 37.3 Å². The molecule has 0 aromatic heterocycles. The standard InChI is InChI=1S/C17H25NO2/c1-4-5-6-11-18(2)14-16-13-17(20-3)10-9-15(16)8-7-12-19/h9-10,13,19H,4-6,11-12,14H2,1-3H3. The molecule has 0 amide bonds. The van der Waals surface area contributed by atoms with Crippen LogP contribution in [0.4, 0.5) is 0 Å². The van der Waals surface area contributed by atoms with E-state index in [-0.39, 0.29) is 6.61 Å². The first kappa shape index (κ1) is 16.6. The van der Waals surface area contributed by atoms with Gasteiger partial charge in [-0.1, -0.05) is 31.6 Å². The van der Waals surface area contributed by atoms with Gasteiger partial charge in [-0.3, -0.25) is 0 Å². The quantitative estimate of drug-likeness (QED) is 0.613. The van der Waals surface area contributed by atoms with Crippen molar-refractivity contribution in [3.63, 3.8) is 0 Å². The Morgan fingerprint density at radius 1 is 1.30 bits per heavy atom. The second-order valence-corrected chi connectivity index (χ2v) is 4.93. The molecule has 3 heteroatoms. The van der Waals surface area contributed by atoms with Crippen molar-refractivity contribution in [1.29, 1.82) is 0 Å². The zero-order chi connectivity index (χ0) is 14.8. The van der Waals surface area contributed by atoms with Gasteiger partial charge in [0, 0.05) is 12.1 Å². The molecule has 1 rings (SSSR count). The van der Waals surface area contributed by atoms with E-state index in [2.05, 4.69) is 30.7 Å². The van der Waals surface area contributed by atoms with E-state index in [9.17, 15) is 0 Å². The summed E-state index contributed by atoms with van der Waals surface area (Å²) in [5.41, 5.74) is 2.10. The maximum atomic E-state index is 8.84. The monoisotopic (exact) mass is 275 g/mol.